The normalized spacial score (nSPS) is 19.8. The number of amides is 1. The van der Waals surface area contributed by atoms with Gasteiger partial charge in [-0.25, -0.2) is 0 Å². The molecule has 104 valence electrons. The van der Waals surface area contributed by atoms with Crippen LogP contribution < -0.4 is 11.1 Å². The van der Waals surface area contributed by atoms with Gasteiger partial charge in [-0.2, -0.15) is 0 Å². The van der Waals surface area contributed by atoms with Crippen LogP contribution in [0, 0.1) is 5.92 Å². The quantitative estimate of drug-likeness (QED) is 0.740. The van der Waals surface area contributed by atoms with Crippen molar-refractivity contribution in [3.05, 3.63) is 0 Å². The lowest BCUT2D eigenvalue weighted by atomic mass is 9.86. The summed E-state index contributed by atoms with van der Waals surface area (Å²) in [5, 5.41) is 3.12. The van der Waals surface area contributed by atoms with Crippen molar-refractivity contribution in [2.45, 2.75) is 45.1 Å². The van der Waals surface area contributed by atoms with Crippen molar-refractivity contribution in [1.29, 1.82) is 0 Å². The molecule has 4 nitrogen and oxygen atoms in total. The third-order valence-corrected chi connectivity index (χ3v) is 4.42. The number of nitrogens with one attached hydrogen (secondary N) is 1. The molecule has 18 heavy (non-hydrogen) atoms. The fourth-order valence-corrected chi connectivity index (χ4v) is 2.69. The zero-order valence-electron chi connectivity index (χ0n) is 11.7. The summed E-state index contributed by atoms with van der Waals surface area (Å²) in [6.45, 7) is 5.91. The Bertz CT molecular complexity index is 307. The van der Waals surface area contributed by atoms with Crippen LogP contribution in [0.3, 0.4) is 0 Å². The fraction of sp³-hybridized carbons (Fsp3) is 0.846. The Kier molecular flexibility index (Phi) is 5.53. The van der Waals surface area contributed by atoms with Gasteiger partial charge in [0.1, 0.15) is 0 Å². The molecule has 0 atom stereocenters. The van der Waals surface area contributed by atoms with Gasteiger partial charge in [0, 0.05) is 19.0 Å². The van der Waals surface area contributed by atoms with Crippen molar-refractivity contribution in [2.24, 2.45) is 11.7 Å². The molecule has 1 heterocycles. The molecule has 0 aromatic rings. The number of carbonyl (C=O) groups excluding carboxylic acids is 1. The maximum Gasteiger partial charge on any atom is 0.223 e. The van der Waals surface area contributed by atoms with E-state index in [1.165, 1.54) is 0 Å². The number of nitrogens with two attached hydrogens (primary N) is 1. The summed E-state index contributed by atoms with van der Waals surface area (Å²) in [6.07, 6.45) is 3.33. The van der Waals surface area contributed by atoms with E-state index in [-0.39, 0.29) is 11.8 Å². The summed E-state index contributed by atoms with van der Waals surface area (Å²) in [5.74, 6) is 0.160. The summed E-state index contributed by atoms with van der Waals surface area (Å²) in [5.41, 5.74) is 5.41. The molecule has 1 aliphatic rings. The minimum absolute atomic E-state index is 0.0656. The van der Waals surface area contributed by atoms with E-state index in [0.717, 1.165) is 38.8 Å². The number of likely N-dealkylation sites (tertiary alicyclic amines) is 1. The van der Waals surface area contributed by atoms with E-state index in [1.54, 1.807) is 0 Å². The smallest absolute Gasteiger partial charge is 0.223 e. The van der Waals surface area contributed by atoms with Crippen LogP contribution in [-0.4, -0.2) is 41.5 Å². The van der Waals surface area contributed by atoms with Crippen LogP contribution in [0.15, 0.2) is 0 Å². The second-order valence-electron chi connectivity index (χ2n) is 5.25. The van der Waals surface area contributed by atoms with E-state index in [9.17, 15) is 4.79 Å². The minimum atomic E-state index is -0.471. The van der Waals surface area contributed by atoms with Gasteiger partial charge in [-0.1, -0.05) is 26.1 Å². The van der Waals surface area contributed by atoms with Crippen LogP contribution in [0.5, 0.6) is 0 Å². The third kappa shape index (κ3) is 3.42. The molecule has 5 heteroatoms. The van der Waals surface area contributed by atoms with Crippen molar-refractivity contribution in [1.82, 2.24) is 10.2 Å². The molecule has 0 saturated carbocycles. The summed E-state index contributed by atoms with van der Waals surface area (Å²) in [4.78, 5) is 14.9. The summed E-state index contributed by atoms with van der Waals surface area (Å²) in [7, 11) is 2.08. The maximum absolute atomic E-state index is 12.2. The van der Waals surface area contributed by atoms with Gasteiger partial charge < -0.3 is 16.0 Å². The average Bonchev–Trinajstić information content (AvgIpc) is 2.33. The Labute approximate surface area is 115 Å². The van der Waals surface area contributed by atoms with Crippen LogP contribution in [0.2, 0.25) is 0 Å². The summed E-state index contributed by atoms with van der Waals surface area (Å²) >= 11 is 5.19. The van der Waals surface area contributed by atoms with E-state index >= 15 is 0 Å². The van der Waals surface area contributed by atoms with Crippen LogP contribution in [0.25, 0.3) is 0 Å². The molecule has 1 aliphatic heterocycles. The Morgan fingerprint density at radius 1 is 1.39 bits per heavy atom. The predicted octanol–water partition coefficient (Wildman–Crippen LogP) is 1.29. The first-order chi connectivity index (χ1) is 8.45. The largest absolute Gasteiger partial charge is 0.391 e. The van der Waals surface area contributed by atoms with Crippen LogP contribution in [0.1, 0.15) is 39.5 Å². The van der Waals surface area contributed by atoms with E-state index in [1.807, 2.05) is 13.8 Å². The first-order valence-electron chi connectivity index (χ1n) is 6.75. The topological polar surface area (TPSA) is 58.4 Å². The van der Waals surface area contributed by atoms with Gasteiger partial charge in [0.15, 0.2) is 0 Å². The Balaban J connectivity index is 2.75. The third-order valence-electron chi connectivity index (χ3n) is 4.03. The molecule has 0 spiro atoms. The molecule has 1 rings (SSSR count). The molecular formula is C13H25N3OS. The van der Waals surface area contributed by atoms with Gasteiger partial charge in [0.25, 0.3) is 0 Å². The van der Waals surface area contributed by atoms with Crippen LogP contribution in [0.4, 0.5) is 0 Å². The fourth-order valence-electron chi connectivity index (χ4n) is 2.43. The molecule has 1 saturated heterocycles. The number of thiocarbonyl (C=S) groups is 1. The highest BCUT2D eigenvalue weighted by molar-refractivity contribution is 7.80. The molecule has 1 amide bonds. The number of nitrogens with zero attached hydrogens (tertiary/aromatic N) is 1. The number of hydrogen-bond donors (Lipinski definition) is 2. The molecule has 0 radical (unpaired) electrons. The second kappa shape index (κ2) is 6.48. The van der Waals surface area contributed by atoms with E-state index in [0.29, 0.717) is 4.99 Å². The Morgan fingerprint density at radius 3 is 2.28 bits per heavy atom. The van der Waals surface area contributed by atoms with E-state index < -0.39 is 5.54 Å². The zero-order valence-corrected chi connectivity index (χ0v) is 12.5. The monoisotopic (exact) mass is 271 g/mol. The van der Waals surface area contributed by atoms with Crippen LogP contribution >= 0.6 is 12.2 Å². The van der Waals surface area contributed by atoms with Gasteiger partial charge in [-0.3, -0.25) is 4.79 Å². The van der Waals surface area contributed by atoms with Gasteiger partial charge in [-0.15, -0.1) is 0 Å². The van der Waals surface area contributed by atoms with Gasteiger partial charge in [0.2, 0.25) is 5.91 Å². The maximum atomic E-state index is 12.2. The molecule has 0 aliphatic carbocycles. The lowest BCUT2D eigenvalue weighted by Crippen LogP contribution is -2.62. The number of piperidine rings is 1. The summed E-state index contributed by atoms with van der Waals surface area (Å²) < 4.78 is 0. The highest BCUT2D eigenvalue weighted by Crippen LogP contribution is 2.23. The van der Waals surface area contributed by atoms with Gasteiger partial charge in [0.05, 0.1) is 10.5 Å². The Morgan fingerprint density at radius 2 is 1.89 bits per heavy atom. The molecule has 0 aromatic carbocycles. The standard InChI is InChI=1S/C13H25N3OS/c1-4-10(5-2)11(17)15-13(12(14)18)6-8-16(3)9-7-13/h10H,4-9H2,1-3H3,(H2,14,18)(H,15,17). The zero-order chi connectivity index (χ0) is 13.8. The molecule has 0 bridgehead atoms. The predicted molar refractivity (Wildman–Crippen MR) is 78.5 cm³/mol. The lowest BCUT2D eigenvalue weighted by molar-refractivity contribution is -0.126. The van der Waals surface area contributed by atoms with Crippen molar-refractivity contribution in [2.75, 3.05) is 20.1 Å². The lowest BCUT2D eigenvalue weighted by Gasteiger charge is -2.41. The SMILES string of the molecule is CCC(CC)C(=O)NC1(C(N)=S)CCN(C)CC1. The highest BCUT2D eigenvalue weighted by atomic mass is 32.1. The second-order valence-corrected chi connectivity index (χ2v) is 5.69. The molecule has 0 aromatic heterocycles. The van der Waals surface area contributed by atoms with Crippen molar-refractivity contribution in [3.8, 4) is 0 Å². The average molecular weight is 271 g/mol. The van der Waals surface area contributed by atoms with Crippen LogP contribution in [-0.2, 0) is 4.79 Å². The van der Waals surface area contributed by atoms with Crippen molar-refractivity contribution < 1.29 is 4.79 Å². The van der Waals surface area contributed by atoms with E-state index in [2.05, 4.69) is 17.3 Å². The van der Waals surface area contributed by atoms with Crippen molar-refractivity contribution >= 4 is 23.1 Å². The first kappa shape index (κ1) is 15.4. The molecule has 1 fully saturated rings. The summed E-state index contributed by atoms with van der Waals surface area (Å²) in [6, 6.07) is 0. The molecule has 0 unspecified atom stereocenters. The Hall–Kier alpha value is -0.680. The highest BCUT2D eigenvalue weighted by Gasteiger charge is 2.38. The molecule has 3 N–H and O–H groups in total. The van der Waals surface area contributed by atoms with E-state index in [4.69, 9.17) is 18.0 Å². The minimum Gasteiger partial charge on any atom is -0.391 e. The first-order valence-corrected chi connectivity index (χ1v) is 7.16. The number of carbonyl (C=O) groups is 1. The molecular weight excluding hydrogens is 246 g/mol. The van der Waals surface area contributed by atoms with Gasteiger partial charge >= 0.3 is 0 Å². The number of hydrogen-bond acceptors (Lipinski definition) is 3. The van der Waals surface area contributed by atoms with Gasteiger partial charge in [-0.05, 0) is 32.7 Å². The van der Waals surface area contributed by atoms with Crippen molar-refractivity contribution in [3.63, 3.8) is 0 Å². The number of rotatable bonds is 5.